The first-order chi connectivity index (χ1) is 13.1. The molecule has 144 valence electrons. The Balaban J connectivity index is 1.75. The minimum absolute atomic E-state index is 0.216. The van der Waals surface area contributed by atoms with Crippen LogP contribution in [-0.4, -0.2) is 55.6 Å². The van der Waals surface area contributed by atoms with Crippen LogP contribution in [0.25, 0.3) is 0 Å². The van der Waals surface area contributed by atoms with Crippen LogP contribution in [0, 0.1) is 5.41 Å². The van der Waals surface area contributed by atoms with Crippen molar-refractivity contribution in [1.82, 2.24) is 10.2 Å². The van der Waals surface area contributed by atoms with Gasteiger partial charge >= 0.3 is 6.03 Å². The molecule has 0 aromatic heterocycles. The minimum atomic E-state index is -1.24. The number of ether oxygens (including phenoxy) is 1. The monoisotopic (exact) mass is 371 g/mol. The number of amides is 4. The highest BCUT2D eigenvalue weighted by Gasteiger charge is 2.61. The third-order valence-electron chi connectivity index (χ3n) is 6.07. The number of benzene rings is 1. The van der Waals surface area contributed by atoms with Gasteiger partial charge in [-0.3, -0.25) is 19.8 Å². The molecule has 4 amide bonds. The molecule has 0 saturated carbocycles. The number of nitrogens with one attached hydrogen (secondary N) is 1. The quantitative estimate of drug-likeness (QED) is 0.644. The van der Waals surface area contributed by atoms with Crippen molar-refractivity contribution in [3.63, 3.8) is 0 Å². The first-order valence-electron chi connectivity index (χ1n) is 9.60. The number of rotatable bonds is 4. The number of piperidine rings is 1. The fourth-order valence-corrected chi connectivity index (χ4v) is 4.82. The zero-order valence-corrected chi connectivity index (χ0v) is 15.6. The predicted molar refractivity (Wildman–Crippen MR) is 99.3 cm³/mol. The zero-order valence-electron chi connectivity index (χ0n) is 15.6. The van der Waals surface area contributed by atoms with Gasteiger partial charge < -0.3 is 9.64 Å². The molecule has 0 radical (unpaired) electrons. The highest BCUT2D eigenvalue weighted by atomic mass is 16.5. The van der Waals surface area contributed by atoms with Crippen LogP contribution in [0.3, 0.4) is 0 Å². The van der Waals surface area contributed by atoms with Crippen molar-refractivity contribution in [2.75, 3.05) is 31.7 Å². The highest BCUT2D eigenvalue weighted by molar-refractivity contribution is 6.20. The largest absolute Gasteiger partial charge is 0.385 e. The van der Waals surface area contributed by atoms with Crippen molar-refractivity contribution in [1.29, 1.82) is 0 Å². The van der Waals surface area contributed by atoms with Crippen LogP contribution in [0.2, 0.25) is 0 Å². The fraction of sp³-hybridized carbons (Fsp3) is 0.550. The Bertz CT molecular complexity index is 780. The van der Waals surface area contributed by atoms with E-state index in [0.29, 0.717) is 19.4 Å². The number of fused-ring (bicyclic) bond motifs is 4. The Morgan fingerprint density at radius 1 is 1.22 bits per heavy atom. The van der Waals surface area contributed by atoms with Crippen molar-refractivity contribution in [2.45, 2.75) is 38.1 Å². The molecule has 0 aliphatic carbocycles. The number of hydrogen-bond donors (Lipinski definition) is 1. The van der Waals surface area contributed by atoms with Crippen LogP contribution in [0.15, 0.2) is 24.3 Å². The molecule has 2 saturated heterocycles. The van der Waals surface area contributed by atoms with Gasteiger partial charge in [-0.25, -0.2) is 4.79 Å². The van der Waals surface area contributed by atoms with Gasteiger partial charge in [-0.1, -0.05) is 18.2 Å². The summed E-state index contributed by atoms with van der Waals surface area (Å²) in [5.41, 5.74) is 0.858. The topological polar surface area (TPSA) is 79.0 Å². The maximum Gasteiger partial charge on any atom is 0.330 e. The molecule has 2 atom stereocenters. The Hall–Kier alpha value is -2.41. The number of para-hydroxylation sites is 1. The van der Waals surface area contributed by atoms with Gasteiger partial charge in [0.25, 0.3) is 0 Å². The summed E-state index contributed by atoms with van der Waals surface area (Å²) in [6.07, 6.45) is 3.66. The summed E-state index contributed by atoms with van der Waals surface area (Å²) in [5.74, 6) is -0.814. The van der Waals surface area contributed by atoms with Gasteiger partial charge in [0.2, 0.25) is 11.8 Å². The van der Waals surface area contributed by atoms with E-state index in [1.807, 2.05) is 18.2 Å². The Kier molecular flexibility index (Phi) is 4.63. The molecular weight excluding hydrogens is 346 g/mol. The van der Waals surface area contributed by atoms with Crippen molar-refractivity contribution < 1.29 is 19.1 Å². The molecule has 0 unspecified atom stereocenters. The van der Waals surface area contributed by atoms with Gasteiger partial charge in [-0.05, 0) is 43.7 Å². The van der Waals surface area contributed by atoms with E-state index >= 15 is 0 Å². The summed E-state index contributed by atoms with van der Waals surface area (Å²) in [7, 11) is 1.58. The summed E-state index contributed by atoms with van der Waals surface area (Å²) >= 11 is 0. The van der Waals surface area contributed by atoms with Crippen LogP contribution in [0.1, 0.15) is 31.2 Å². The lowest BCUT2D eigenvalue weighted by Gasteiger charge is -2.53. The second-order valence-electron chi connectivity index (χ2n) is 7.54. The number of urea groups is 1. The molecule has 1 N–H and O–H groups in total. The van der Waals surface area contributed by atoms with E-state index in [-0.39, 0.29) is 18.5 Å². The van der Waals surface area contributed by atoms with E-state index < -0.39 is 17.4 Å². The lowest BCUT2D eigenvalue weighted by atomic mass is 9.66. The molecule has 1 spiro atoms. The van der Waals surface area contributed by atoms with E-state index in [9.17, 15) is 14.4 Å². The van der Waals surface area contributed by atoms with E-state index in [0.717, 1.165) is 37.1 Å². The maximum absolute atomic E-state index is 13.6. The summed E-state index contributed by atoms with van der Waals surface area (Å²) in [6, 6.07) is 7.14. The van der Waals surface area contributed by atoms with E-state index in [1.165, 1.54) is 4.90 Å². The van der Waals surface area contributed by atoms with E-state index in [2.05, 4.69) is 16.3 Å². The van der Waals surface area contributed by atoms with Gasteiger partial charge in [0.1, 0.15) is 0 Å². The van der Waals surface area contributed by atoms with Crippen LogP contribution in [0.5, 0.6) is 0 Å². The SMILES string of the molecule is COCCCN1C(=O)NC(=O)[C@@]2(Cc3ccccc3N3CCCC[C@H]32)C1=O. The van der Waals surface area contributed by atoms with Gasteiger partial charge in [0.15, 0.2) is 5.41 Å². The summed E-state index contributed by atoms with van der Waals surface area (Å²) < 4.78 is 5.05. The van der Waals surface area contributed by atoms with Crippen LogP contribution in [-0.2, 0) is 20.7 Å². The van der Waals surface area contributed by atoms with Crippen molar-refractivity contribution >= 4 is 23.5 Å². The molecular formula is C20H25N3O4. The van der Waals surface area contributed by atoms with Crippen LogP contribution < -0.4 is 10.2 Å². The van der Waals surface area contributed by atoms with Gasteiger partial charge in [-0.2, -0.15) is 0 Å². The van der Waals surface area contributed by atoms with Gasteiger partial charge in [0.05, 0.1) is 6.04 Å². The molecule has 4 rings (SSSR count). The average Bonchev–Trinajstić information content (AvgIpc) is 2.69. The number of hydrogen-bond acceptors (Lipinski definition) is 5. The Morgan fingerprint density at radius 3 is 2.85 bits per heavy atom. The molecule has 0 bridgehead atoms. The fourth-order valence-electron chi connectivity index (χ4n) is 4.82. The first-order valence-corrected chi connectivity index (χ1v) is 9.60. The number of anilines is 1. The number of methoxy groups -OCH3 is 1. The van der Waals surface area contributed by atoms with E-state index in [4.69, 9.17) is 4.74 Å². The molecule has 7 heteroatoms. The second kappa shape index (κ2) is 6.96. The third kappa shape index (κ3) is 2.72. The molecule has 27 heavy (non-hydrogen) atoms. The Labute approximate surface area is 158 Å². The third-order valence-corrected chi connectivity index (χ3v) is 6.07. The lowest BCUT2D eigenvalue weighted by Crippen LogP contribution is -2.72. The maximum atomic E-state index is 13.6. The number of imide groups is 2. The number of carbonyl (C=O) groups is 3. The molecule has 3 heterocycles. The molecule has 3 aliphatic rings. The smallest absolute Gasteiger partial charge is 0.330 e. The van der Waals surface area contributed by atoms with Gasteiger partial charge in [0, 0.05) is 32.5 Å². The van der Waals surface area contributed by atoms with Crippen LogP contribution >= 0.6 is 0 Å². The molecule has 3 aliphatic heterocycles. The molecule has 1 aromatic carbocycles. The second-order valence-corrected chi connectivity index (χ2v) is 7.54. The van der Waals surface area contributed by atoms with Crippen molar-refractivity contribution in [3.8, 4) is 0 Å². The molecule has 1 aromatic rings. The van der Waals surface area contributed by atoms with E-state index in [1.54, 1.807) is 7.11 Å². The normalized spacial score (nSPS) is 27.4. The molecule has 2 fully saturated rings. The molecule has 7 nitrogen and oxygen atoms in total. The zero-order chi connectivity index (χ0) is 19.0. The summed E-state index contributed by atoms with van der Waals surface area (Å²) in [6.45, 7) is 1.53. The average molecular weight is 371 g/mol. The van der Waals surface area contributed by atoms with Crippen molar-refractivity contribution in [3.05, 3.63) is 29.8 Å². The summed E-state index contributed by atoms with van der Waals surface area (Å²) in [5, 5.41) is 2.47. The van der Waals surface area contributed by atoms with Crippen molar-refractivity contribution in [2.24, 2.45) is 5.41 Å². The summed E-state index contributed by atoms with van der Waals surface area (Å²) in [4.78, 5) is 42.4. The van der Waals surface area contributed by atoms with Gasteiger partial charge in [-0.15, -0.1) is 0 Å². The predicted octanol–water partition coefficient (Wildman–Crippen LogP) is 1.70. The number of barbiturate groups is 1. The first kappa shape index (κ1) is 18.0. The number of carbonyl (C=O) groups excluding carboxylic acids is 3. The minimum Gasteiger partial charge on any atom is -0.385 e. The number of nitrogens with zero attached hydrogens (tertiary/aromatic N) is 2. The highest BCUT2D eigenvalue weighted by Crippen LogP contribution is 2.47. The standard InChI is InChI=1S/C20H25N3O4/c1-27-12-6-11-23-18(25)20(17(24)21-19(23)26)13-14-7-2-3-8-15(14)22-10-5-4-9-16(20)22/h2-3,7-8,16H,4-6,9-13H2,1H3,(H,21,24,26)/t16-,20-/m0/s1. The lowest BCUT2D eigenvalue weighted by molar-refractivity contribution is -0.154. The Morgan fingerprint density at radius 2 is 2.04 bits per heavy atom. The van der Waals surface area contributed by atoms with Crippen LogP contribution in [0.4, 0.5) is 10.5 Å².